The van der Waals surface area contributed by atoms with Crippen LogP contribution in [0.2, 0.25) is 0 Å². The summed E-state index contributed by atoms with van der Waals surface area (Å²) in [5.41, 5.74) is 1.19. The van der Waals surface area contributed by atoms with E-state index in [2.05, 4.69) is 22.6 Å². The lowest BCUT2D eigenvalue weighted by Crippen LogP contribution is -2.34. The van der Waals surface area contributed by atoms with Crippen molar-refractivity contribution in [1.82, 2.24) is 10.3 Å². The lowest BCUT2D eigenvalue weighted by Gasteiger charge is -2.15. The van der Waals surface area contributed by atoms with E-state index in [1.807, 2.05) is 6.92 Å². The zero-order chi connectivity index (χ0) is 11.1. The molecule has 1 aromatic rings. The molecule has 4 heteroatoms. The van der Waals surface area contributed by atoms with Gasteiger partial charge in [0.05, 0.1) is 17.3 Å². The van der Waals surface area contributed by atoms with E-state index in [4.69, 9.17) is 4.74 Å². The van der Waals surface area contributed by atoms with E-state index in [-0.39, 0.29) is 0 Å². The van der Waals surface area contributed by atoms with Crippen LogP contribution in [-0.2, 0) is 11.2 Å². The van der Waals surface area contributed by atoms with E-state index in [9.17, 15) is 0 Å². The third-order valence-electron chi connectivity index (χ3n) is 2.34. The Morgan fingerprint density at radius 3 is 2.93 bits per heavy atom. The summed E-state index contributed by atoms with van der Waals surface area (Å²) in [6.45, 7) is 5.97. The van der Waals surface area contributed by atoms with Crippen LogP contribution < -0.4 is 5.32 Å². The summed E-state index contributed by atoms with van der Waals surface area (Å²) in [6, 6.07) is 0.467. The lowest BCUT2D eigenvalue weighted by atomic mass is 10.2. The van der Waals surface area contributed by atoms with Gasteiger partial charge in [-0.05, 0) is 13.3 Å². The molecule has 0 aromatic carbocycles. The Labute approximate surface area is 95.9 Å². The van der Waals surface area contributed by atoms with E-state index in [0.29, 0.717) is 6.04 Å². The first kappa shape index (κ1) is 12.6. The number of aryl methyl sites for hydroxylation is 1. The number of ether oxygens (including phenoxy) is 1. The molecule has 0 amide bonds. The number of rotatable bonds is 7. The van der Waals surface area contributed by atoms with Gasteiger partial charge in [0.1, 0.15) is 0 Å². The molecule has 0 unspecified atom stereocenters. The lowest BCUT2D eigenvalue weighted by molar-refractivity contribution is 0.164. The van der Waals surface area contributed by atoms with Crippen molar-refractivity contribution in [2.24, 2.45) is 0 Å². The van der Waals surface area contributed by atoms with Crippen molar-refractivity contribution in [3.8, 4) is 0 Å². The van der Waals surface area contributed by atoms with Crippen LogP contribution in [-0.4, -0.2) is 31.3 Å². The fourth-order valence-corrected chi connectivity index (χ4v) is 2.10. The standard InChI is InChI=1S/C11H20N2OS/c1-4-10(7-14-3)12-6-5-11-8-15-9(2)13-11/h8,10,12H,4-7H2,1-3H3/t10-/m1/s1. The fraction of sp³-hybridized carbons (Fsp3) is 0.727. The van der Waals surface area contributed by atoms with Crippen molar-refractivity contribution in [3.05, 3.63) is 16.1 Å². The third kappa shape index (κ3) is 4.73. The van der Waals surface area contributed by atoms with Crippen molar-refractivity contribution >= 4 is 11.3 Å². The molecule has 0 saturated carbocycles. The molecule has 1 heterocycles. The Morgan fingerprint density at radius 1 is 1.60 bits per heavy atom. The van der Waals surface area contributed by atoms with Crippen LogP contribution in [0.15, 0.2) is 5.38 Å². The second-order valence-corrected chi connectivity index (χ2v) is 4.68. The molecule has 86 valence electrons. The molecule has 1 rings (SSSR count). The molecule has 0 aliphatic rings. The van der Waals surface area contributed by atoms with Gasteiger partial charge in [0, 0.05) is 31.5 Å². The molecular formula is C11H20N2OS. The first-order valence-corrected chi connectivity index (χ1v) is 6.27. The Hall–Kier alpha value is -0.450. The van der Waals surface area contributed by atoms with Crippen LogP contribution in [0.1, 0.15) is 24.0 Å². The second kappa shape index (κ2) is 6.93. The third-order valence-corrected chi connectivity index (χ3v) is 3.16. The Morgan fingerprint density at radius 2 is 2.40 bits per heavy atom. The first-order chi connectivity index (χ1) is 7.26. The maximum Gasteiger partial charge on any atom is 0.0897 e. The number of methoxy groups -OCH3 is 1. The predicted octanol–water partition coefficient (Wildman–Crippen LogP) is 2.01. The van der Waals surface area contributed by atoms with E-state index in [1.54, 1.807) is 18.4 Å². The van der Waals surface area contributed by atoms with Crippen molar-refractivity contribution in [2.75, 3.05) is 20.3 Å². The smallest absolute Gasteiger partial charge is 0.0897 e. The van der Waals surface area contributed by atoms with Crippen molar-refractivity contribution < 1.29 is 4.74 Å². The van der Waals surface area contributed by atoms with E-state index < -0.39 is 0 Å². The quantitative estimate of drug-likeness (QED) is 0.775. The average Bonchev–Trinajstić information content (AvgIpc) is 2.63. The van der Waals surface area contributed by atoms with Gasteiger partial charge in [0.2, 0.25) is 0 Å². The monoisotopic (exact) mass is 228 g/mol. The average molecular weight is 228 g/mol. The van der Waals surface area contributed by atoms with Gasteiger partial charge >= 0.3 is 0 Å². The van der Waals surface area contributed by atoms with Gasteiger partial charge in [0.15, 0.2) is 0 Å². The summed E-state index contributed by atoms with van der Waals surface area (Å²) in [4.78, 5) is 4.43. The van der Waals surface area contributed by atoms with Crippen molar-refractivity contribution in [1.29, 1.82) is 0 Å². The molecule has 0 bridgehead atoms. The zero-order valence-corrected chi connectivity index (χ0v) is 10.6. The van der Waals surface area contributed by atoms with Gasteiger partial charge in [-0.15, -0.1) is 11.3 Å². The minimum atomic E-state index is 0.467. The number of nitrogens with zero attached hydrogens (tertiary/aromatic N) is 1. The van der Waals surface area contributed by atoms with Crippen molar-refractivity contribution in [3.63, 3.8) is 0 Å². The van der Waals surface area contributed by atoms with Gasteiger partial charge < -0.3 is 10.1 Å². The van der Waals surface area contributed by atoms with Crippen LogP contribution in [0, 0.1) is 6.92 Å². The number of hydrogen-bond acceptors (Lipinski definition) is 4. The number of hydrogen-bond donors (Lipinski definition) is 1. The summed E-state index contributed by atoms with van der Waals surface area (Å²) in [7, 11) is 1.74. The highest BCUT2D eigenvalue weighted by atomic mass is 32.1. The maximum atomic E-state index is 5.13. The first-order valence-electron chi connectivity index (χ1n) is 5.39. The van der Waals surface area contributed by atoms with Gasteiger partial charge in [-0.25, -0.2) is 4.98 Å². The van der Waals surface area contributed by atoms with Gasteiger partial charge in [-0.1, -0.05) is 6.92 Å². The largest absolute Gasteiger partial charge is 0.383 e. The maximum absolute atomic E-state index is 5.13. The number of nitrogens with one attached hydrogen (secondary N) is 1. The molecular weight excluding hydrogens is 208 g/mol. The van der Waals surface area contributed by atoms with Crippen LogP contribution in [0.3, 0.4) is 0 Å². The Balaban J connectivity index is 2.20. The molecule has 0 spiro atoms. The molecule has 0 aliphatic heterocycles. The summed E-state index contributed by atoms with van der Waals surface area (Å²) in [5, 5.41) is 6.75. The normalized spacial score (nSPS) is 13.0. The Kier molecular flexibility index (Phi) is 5.83. The summed E-state index contributed by atoms with van der Waals surface area (Å²) in [6.07, 6.45) is 2.11. The fourth-order valence-electron chi connectivity index (χ4n) is 1.45. The number of aromatic nitrogens is 1. The Bertz CT molecular complexity index is 275. The molecule has 1 N–H and O–H groups in total. The zero-order valence-electron chi connectivity index (χ0n) is 9.75. The number of thiazole rings is 1. The highest BCUT2D eigenvalue weighted by Gasteiger charge is 2.04. The summed E-state index contributed by atoms with van der Waals surface area (Å²) >= 11 is 1.72. The highest BCUT2D eigenvalue weighted by molar-refractivity contribution is 7.09. The van der Waals surface area contributed by atoms with Crippen LogP contribution >= 0.6 is 11.3 Å². The predicted molar refractivity (Wildman–Crippen MR) is 64.5 cm³/mol. The summed E-state index contributed by atoms with van der Waals surface area (Å²) in [5.74, 6) is 0. The SMILES string of the molecule is CC[C@H](COC)NCCc1csc(C)n1. The molecule has 0 fully saturated rings. The highest BCUT2D eigenvalue weighted by Crippen LogP contribution is 2.07. The van der Waals surface area contributed by atoms with Gasteiger partial charge in [-0.3, -0.25) is 0 Å². The summed E-state index contributed by atoms with van der Waals surface area (Å²) < 4.78 is 5.13. The van der Waals surface area contributed by atoms with Crippen LogP contribution in [0.5, 0.6) is 0 Å². The molecule has 1 aromatic heterocycles. The molecule has 0 saturated heterocycles. The molecule has 15 heavy (non-hydrogen) atoms. The van der Waals surface area contributed by atoms with E-state index >= 15 is 0 Å². The van der Waals surface area contributed by atoms with Gasteiger partial charge in [-0.2, -0.15) is 0 Å². The minimum absolute atomic E-state index is 0.467. The molecule has 3 nitrogen and oxygen atoms in total. The molecule has 0 radical (unpaired) electrons. The molecule has 1 atom stereocenters. The topological polar surface area (TPSA) is 34.1 Å². The van der Waals surface area contributed by atoms with Gasteiger partial charge in [0.25, 0.3) is 0 Å². The second-order valence-electron chi connectivity index (χ2n) is 3.62. The van der Waals surface area contributed by atoms with E-state index in [1.165, 1.54) is 5.69 Å². The molecule has 0 aliphatic carbocycles. The van der Waals surface area contributed by atoms with E-state index in [0.717, 1.165) is 31.0 Å². The minimum Gasteiger partial charge on any atom is -0.383 e. The van der Waals surface area contributed by atoms with Crippen LogP contribution in [0.4, 0.5) is 0 Å². The van der Waals surface area contributed by atoms with Crippen molar-refractivity contribution in [2.45, 2.75) is 32.7 Å². The van der Waals surface area contributed by atoms with Crippen LogP contribution in [0.25, 0.3) is 0 Å².